The number of alkyl halides is 1. The zero-order valence-electron chi connectivity index (χ0n) is 12.3. The van der Waals surface area contributed by atoms with Gasteiger partial charge in [-0.2, -0.15) is 0 Å². The number of nitrogens with one attached hydrogen (secondary N) is 1. The van der Waals surface area contributed by atoms with Crippen LogP contribution in [0.15, 0.2) is 24.3 Å². The monoisotopic (exact) mass is 281 g/mol. The number of hydrogen-bond acceptors (Lipinski definition) is 1. The number of amides is 1. The molecule has 1 rings (SSSR count). The Balaban J connectivity index is 2.59. The van der Waals surface area contributed by atoms with Gasteiger partial charge >= 0.3 is 0 Å². The molecular weight excluding hydrogens is 258 g/mol. The quantitative estimate of drug-likeness (QED) is 0.808. The van der Waals surface area contributed by atoms with Crippen LogP contribution in [-0.4, -0.2) is 17.8 Å². The molecule has 19 heavy (non-hydrogen) atoms. The molecule has 2 nitrogen and oxygen atoms in total. The maximum atomic E-state index is 11.9. The summed E-state index contributed by atoms with van der Waals surface area (Å²) < 4.78 is 0. The zero-order valence-corrected chi connectivity index (χ0v) is 13.1. The van der Waals surface area contributed by atoms with Crippen molar-refractivity contribution in [1.82, 2.24) is 5.32 Å². The van der Waals surface area contributed by atoms with Crippen LogP contribution in [0.1, 0.15) is 56.5 Å². The molecule has 0 heterocycles. The van der Waals surface area contributed by atoms with Gasteiger partial charge in [-0.25, -0.2) is 0 Å². The maximum absolute atomic E-state index is 11.9. The van der Waals surface area contributed by atoms with Crippen LogP contribution in [0.25, 0.3) is 0 Å². The molecule has 1 unspecified atom stereocenters. The van der Waals surface area contributed by atoms with Gasteiger partial charge in [0.2, 0.25) is 0 Å². The van der Waals surface area contributed by atoms with E-state index >= 15 is 0 Å². The molecule has 1 aromatic rings. The Bertz CT molecular complexity index is 406. The third kappa shape index (κ3) is 5.23. The molecule has 0 aliphatic heterocycles. The first-order valence-electron chi connectivity index (χ1n) is 6.87. The molecule has 1 amide bonds. The van der Waals surface area contributed by atoms with Crippen molar-refractivity contribution < 1.29 is 4.79 Å². The highest BCUT2D eigenvalue weighted by Gasteiger charge is 2.14. The molecule has 1 aromatic carbocycles. The molecule has 1 atom stereocenters. The molecule has 0 fully saturated rings. The van der Waals surface area contributed by atoms with Crippen molar-refractivity contribution >= 4 is 17.5 Å². The minimum absolute atomic E-state index is 0.0165. The lowest BCUT2D eigenvalue weighted by atomic mass is 9.87. The van der Waals surface area contributed by atoms with Crippen LogP contribution in [-0.2, 0) is 5.41 Å². The lowest BCUT2D eigenvalue weighted by Gasteiger charge is -2.19. The fraction of sp³-hybridized carbons (Fsp3) is 0.562. The Morgan fingerprint density at radius 2 is 1.84 bits per heavy atom. The van der Waals surface area contributed by atoms with Gasteiger partial charge in [-0.05, 0) is 29.5 Å². The van der Waals surface area contributed by atoms with E-state index in [2.05, 4.69) is 33.0 Å². The van der Waals surface area contributed by atoms with Crippen molar-refractivity contribution in [3.8, 4) is 0 Å². The fourth-order valence-electron chi connectivity index (χ4n) is 1.84. The molecule has 0 aliphatic carbocycles. The number of hydrogen-bond donors (Lipinski definition) is 1. The van der Waals surface area contributed by atoms with Crippen LogP contribution in [0, 0.1) is 0 Å². The fourth-order valence-corrected chi connectivity index (χ4v) is 2.14. The molecule has 0 bridgehead atoms. The summed E-state index contributed by atoms with van der Waals surface area (Å²) >= 11 is 6.08. The maximum Gasteiger partial charge on any atom is 0.251 e. The summed E-state index contributed by atoms with van der Waals surface area (Å²) in [5.74, 6) is -0.0535. The molecular formula is C16H24ClNO. The van der Waals surface area contributed by atoms with Crippen LogP contribution in [0.2, 0.25) is 0 Å². The second-order valence-electron chi connectivity index (χ2n) is 5.92. The molecule has 1 N–H and O–H groups in total. The Kier molecular flexibility index (Phi) is 5.86. The van der Waals surface area contributed by atoms with Gasteiger partial charge in [-0.15, -0.1) is 11.6 Å². The van der Waals surface area contributed by atoms with Gasteiger partial charge in [0.15, 0.2) is 0 Å². The Hall–Kier alpha value is -1.02. The van der Waals surface area contributed by atoms with Gasteiger partial charge < -0.3 is 5.32 Å². The summed E-state index contributed by atoms with van der Waals surface area (Å²) in [5, 5.41) is 2.89. The second kappa shape index (κ2) is 6.95. The highest BCUT2D eigenvalue weighted by molar-refractivity contribution is 6.20. The van der Waals surface area contributed by atoms with E-state index in [1.165, 1.54) is 5.56 Å². The Morgan fingerprint density at radius 1 is 1.26 bits per heavy atom. The van der Waals surface area contributed by atoms with Crippen LogP contribution in [0.5, 0.6) is 0 Å². The molecule has 0 spiro atoms. The van der Waals surface area contributed by atoms with Crippen LogP contribution in [0.3, 0.4) is 0 Å². The smallest absolute Gasteiger partial charge is 0.251 e. The van der Waals surface area contributed by atoms with E-state index in [1.807, 2.05) is 24.3 Å². The summed E-state index contributed by atoms with van der Waals surface area (Å²) in [5.41, 5.74) is 2.02. The van der Waals surface area contributed by atoms with E-state index in [0.717, 1.165) is 12.8 Å². The first kappa shape index (κ1) is 16.0. The molecule has 0 aromatic heterocycles. The minimum atomic E-state index is -0.0535. The highest BCUT2D eigenvalue weighted by Crippen LogP contribution is 2.22. The van der Waals surface area contributed by atoms with E-state index in [1.54, 1.807) is 0 Å². The van der Waals surface area contributed by atoms with Crippen molar-refractivity contribution in [3.63, 3.8) is 0 Å². The third-order valence-corrected chi connectivity index (χ3v) is 3.47. The lowest BCUT2D eigenvalue weighted by molar-refractivity contribution is 0.0953. The Morgan fingerprint density at radius 3 is 2.32 bits per heavy atom. The first-order chi connectivity index (χ1) is 8.84. The van der Waals surface area contributed by atoms with E-state index < -0.39 is 0 Å². The van der Waals surface area contributed by atoms with Gasteiger partial charge in [0.05, 0.1) is 5.38 Å². The summed E-state index contributed by atoms with van der Waals surface area (Å²) in [6.45, 7) is 9.08. The largest absolute Gasteiger partial charge is 0.351 e. The van der Waals surface area contributed by atoms with Crippen molar-refractivity contribution in [2.75, 3.05) is 6.54 Å². The molecule has 3 heteroatoms. The summed E-state index contributed by atoms with van der Waals surface area (Å²) in [6, 6.07) is 7.77. The summed E-state index contributed by atoms with van der Waals surface area (Å²) in [4.78, 5) is 11.9. The second-order valence-corrected chi connectivity index (χ2v) is 6.54. The van der Waals surface area contributed by atoms with Crippen LogP contribution in [0.4, 0.5) is 0 Å². The van der Waals surface area contributed by atoms with Gasteiger partial charge in [0, 0.05) is 12.1 Å². The van der Waals surface area contributed by atoms with E-state index in [0.29, 0.717) is 12.1 Å². The SMILES string of the molecule is CCCC(Cl)CNC(=O)c1ccc(C(C)(C)C)cc1. The van der Waals surface area contributed by atoms with Gasteiger partial charge in [0.25, 0.3) is 5.91 Å². The standard InChI is InChI=1S/C16H24ClNO/c1-5-6-14(17)11-18-15(19)12-7-9-13(10-8-12)16(2,3)4/h7-10,14H,5-6,11H2,1-4H3,(H,18,19). The average Bonchev–Trinajstić information content (AvgIpc) is 2.35. The van der Waals surface area contributed by atoms with Crippen molar-refractivity contribution in [2.24, 2.45) is 0 Å². The lowest BCUT2D eigenvalue weighted by Crippen LogP contribution is -2.29. The number of carbonyl (C=O) groups is 1. The normalized spacial score (nSPS) is 13.1. The van der Waals surface area contributed by atoms with Crippen molar-refractivity contribution in [1.29, 1.82) is 0 Å². The number of rotatable bonds is 5. The Labute approximate surface area is 121 Å². The molecule has 0 saturated heterocycles. The average molecular weight is 282 g/mol. The summed E-state index contributed by atoms with van der Waals surface area (Å²) in [7, 11) is 0. The topological polar surface area (TPSA) is 29.1 Å². The molecule has 0 saturated carbocycles. The molecule has 106 valence electrons. The zero-order chi connectivity index (χ0) is 14.5. The first-order valence-corrected chi connectivity index (χ1v) is 7.31. The minimum Gasteiger partial charge on any atom is -0.351 e. The summed E-state index contributed by atoms with van der Waals surface area (Å²) in [6.07, 6.45) is 1.95. The third-order valence-electron chi connectivity index (χ3n) is 3.10. The van der Waals surface area contributed by atoms with Crippen molar-refractivity contribution in [2.45, 2.75) is 51.3 Å². The predicted molar refractivity (Wildman–Crippen MR) is 82.0 cm³/mol. The van der Waals surface area contributed by atoms with Crippen molar-refractivity contribution in [3.05, 3.63) is 35.4 Å². The van der Waals surface area contributed by atoms with Crippen LogP contribution < -0.4 is 5.32 Å². The van der Waals surface area contributed by atoms with E-state index in [4.69, 9.17) is 11.6 Å². The van der Waals surface area contributed by atoms with Gasteiger partial charge in [-0.3, -0.25) is 4.79 Å². The number of carbonyl (C=O) groups excluding carboxylic acids is 1. The molecule has 0 aliphatic rings. The molecule has 0 radical (unpaired) electrons. The predicted octanol–water partition coefficient (Wildman–Crippen LogP) is 4.12. The number of halogens is 1. The number of benzene rings is 1. The van der Waals surface area contributed by atoms with Crippen LogP contribution >= 0.6 is 11.6 Å². The van der Waals surface area contributed by atoms with E-state index in [9.17, 15) is 4.79 Å². The van der Waals surface area contributed by atoms with E-state index in [-0.39, 0.29) is 16.7 Å². The van der Waals surface area contributed by atoms with Gasteiger partial charge in [0.1, 0.15) is 0 Å². The highest BCUT2D eigenvalue weighted by atomic mass is 35.5. The van der Waals surface area contributed by atoms with Gasteiger partial charge in [-0.1, -0.05) is 46.2 Å².